The Morgan fingerprint density at radius 2 is 1.96 bits per heavy atom. The summed E-state index contributed by atoms with van der Waals surface area (Å²) in [6.07, 6.45) is 17.3. The van der Waals surface area contributed by atoms with Gasteiger partial charge in [-0.1, -0.05) is 67.5 Å². The van der Waals surface area contributed by atoms with Gasteiger partial charge in [0.25, 0.3) is 0 Å². The number of hydrogen-bond donors (Lipinski definition) is 0. The first-order valence-corrected chi connectivity index (χ1v) is 8.52. The average Bonchev–Trinajstić information content (AvgIpc) is 2.46. The van der Waals surface area contributed by atoms with Crippen LogP contribution in [0.15, 0.2) is 70.9 Å². The van der Waals surface area contributed by atoms with E-state index in [1.807, 2.05) is 25.2 Å². The van der Waals surface area contributed by atoms with Crippen molar-refractivity contribution < 1.29 is 9.53 Å². The maximum atomic E-state index is 11.4. The minimum Gasteiger partial charge on any atom is -0.463 e. The summed E-state index contributed by atoms with van der Waals surface area (Å²) in [5, 5.41) is 0. The quantitative estimate of drug-likeness (QED) is 0.264. The molecule has 0 bridgehead atoms. The minimum absolute atomic E-state index is 0.0912. The fourth-order valence-corrected chi connectivity index (χ4v) is 2.68. The highest BCUT2D eigenvalue weighted by atomic mass is 16.5. The number of hydrogen-bond acceptors (Lipinski definition) is 2. The second-order valence-corrected chi connectivity index (χ2v) is 6.77. The zero-order valence-corrected chi connectivity index (χ0v) is 15.8. The Balaban J connectivity index is 2.74. The van der Waals surface area contributed by atoms with Crippen LogP contribution in [0.25, 0.3) is 0 Å². The summed E-state index contributed by atoms with van der Waals surface area (Å²) >= 11 is 0. The normalized spacial score (nSPS) is 18.8. The third kappa shape index (κ3) is 6.57. The van der Waals surface area contributed by atoms with E-state index in [1.54, 1.807) is 6.92 Å². The first-order chi connectivity index (χ1) is 11.3. The third-order valence-corrected chi connectivity index (χ3v) is 3.98. The lowest BCUT2D eigenvalue weighted by molar-refractivity contribution is -0.137. The number of esters is 1. The van der Waals surface area contributed by atoms with Crippen LogP contribution in [0.4, 0.5) is 0 Å². The van der Waals surface area contributed by atoms with Gasteiger partial charge in [0, 0.05) is 11.5 Å². The SMILES string of the molecule is CCOC(=O)C=C(C)C=CC=C(C)C=CC1=C(C)CC=CC1(C)C. The molecule has 2 nitrogen and oxygen atoms in total. The van der Waals surface area contributed by atoms with Crippen molar-refractivity contribution in [2.75, 3.05) is 6.61 Å². The largest absolute Gasteiger partial charge is 0.463 e. The molecule has 0 spiro atoms. The number of carbonyl (C=O) groups excluding carboxylic acids is 1. The van der Waals surface area contributed by atoms with E-state index in [9.17, 15) is 4.79 Å². The van der Waals surface area contributed by atoms with E-state index < -0.39 is 0 Å². The van der Waals surface area contributed by atoms with Crippen LogP contribution in [0.3, 0.4) is 0 Å². The van der Waals surface area contributed by atoms with Crippen LogP contribution in [0.2, 0.25) is 0 Å². The minimum atomic E-state index is -0.296. The summed E-state index contributed by atoms with van der Waals surface area (Å²) in [6, 6.07) is 0. The van der Waals surface area contributed by atoms with Crippen LogP contribution < -0.4 is 0 Å². The topological polar surface area (TPSA) is 26.3 Å². The van der Waals surface area contributed by atoms with E-state index in [2.05, 4.69) is 52.0 Å². The van der Waals surface area contributed by atoms with E-state index >= 15 is 0 Å². The van der Waals surface area contributed by atoms with E-state index in [-0.39, 0.29) is 11.4 Å². The van der Waals surface area contributed by atoms with Gasteiger partial charge < -0.3 is 4.74 Å². The van der Waals surface area contributed by atoms with Gasteiger partial charge in [0.2, 0.25) is 0 Å². The molecule has 0 amide bonds. The van der Waals surface area contributed by atoms with Crippen LogP contribution in [-0.4, -0.2) is 12.6 Å². The highest BCUT2D eigenvalue weighted by Gasteiger charge is 2.22. The van der Waals surface area contributed by atoms with Gasteiger partial charge in [0.15, 0.2) is 0 Å². The molecule has 0 saturated carbocycles. The van der Waals surface area contributed by atoms with Gasteiger partial charge in [-0.25, -0.2) is 4.79 Å². The Labute approximate surface area is 147 Å². The maximum absolute atomic E-state index is 11.4. The molecule has 1 aliphatic carbocycles. The maximum Gasteiger partial charge on any atom is 0.330 e. The number of ether oxygens (including phenoxy) is 1. The molecule has 0 fully saturated rings. The van der Waals surface area contributed by atoms with Crippen molar-refractivity contribution >= 4 is 5.97 Å². The number of rotatable bonds is 6. The van der Waals surface area contributed by atoms with Gasteiger partial charge in [-0.3, -0.25) is 0 Å². The predicted octanol–water partition coefficient (Wildman–Crippen LogP) is 5.86. The molecular weight excluding hydrogens is 296 g/mol. The fraction of sp³-hybridized carbons (Fsp3) is 0.409. The van der Waals surface area contributed by atoms with Crippen molar-refractivity contribution in [3.63, 3.8) is 0 Å². The van der Waals surface area contributed by atoms with Gasteiger partial charge in [-0.2, -0.15) is 0 Å². The van der Waals surface area contributed by atoms with E-state index in [0.29, 0.717) is 6.61 Å². The van der Waals surface area contributed by atoms with Gasteiger partial charge in [-0.05, 0) is 45.3 Å². The van der Waals surface area contributed by atoms with Gasteiger partial charge in [-0.15, -0.1) is 0 Å². The number of carbonyl (C=O) groups is 1. The summed E-state index contributed by atoms with van der Waals surface area (Å²) < 4.78 is 4.89. The Morgan fingerprint density at radius 1 is 1.25 bits per heavy atom. The summed E-state index contributed by atoms with van der Waals surface area (Å²) in [5.41, 5.74) is 4.95. The monoisotopic (exact) mass is 326 g/mol. The van der Waals surface area contributed by atoms with Crippen LogP contribution in [0, 0.1) is 5.41 Å². The molecule has 0 atom stereocenters. The molecule has 24 heavy (non-hydrogen) atoms. The molecule has 0 radical (unpaired) electrons. The van der Waals surface area contributed by atoms with Crippen molar-refractivity contribution in [2.24, 2.45) is 5.41 Å². The fourth-order valence-electron chi connectivity index (χ4n) is 2.68. The van der Waals surface area contributed by atoms with E-state index in [0.717, 1.165) is 12.0 Å². The van der Waals surface area contributed by atoms with Crippen molar-refractivity contribution in [1.29, 1.82) is 0 Å². The highest BCUT2D eigenvalue weighted by molar-refractivity contribution is 5.83. The van der Waals surface area contributed by atoms with Crippen molar-refractivity contribution in [2.45, 2.75) is 48.0 Å². The molecule has 130 valence electrons. The van der Waals surface area contributed by atoms with Crippen molar-refractivity contribution in [3.05, 3.63) is 70.9 Å². The lowest BCUT2D eigenvalue weighted by Gasteiger charge is -2.28. The Bertz CT molecular complexity index is 635. The average molecular weight is 326 g/mol. The molecule has 1 rings (SSSR count). The van der Waals surface area contributed by atoms with Crippen molar-refractivity contribution in [1.82, 2.24) is 0 Å². The first kappa shape index (κ1) is 20.0. The van der Waals surface area contributed by atoms with E-state index in [1.165, 1.54) is 22.8 Å². The van der Waals surface area contributed by atoms with Gasteiger partial charge in [0.1, 0.15) is 0 Å². The van der Waals surface area contributed by atoms with Crippen LogP contribution in [0.5, 0.6) is 0 Å². The summed E-state index contributed by atoms with van der Waals surface area (Å²) in [7, 11) is 0. The zero-order chi connectivity index (χ0) is 18.2. The lowest BCUT2D eigenvalue weighted by atomic mass is 9.77. The predicted molar refractivity (Wildman–Crippen MR) is 103 cm³/mol. The van der Waals surface area contributed by atoms with Gasteiger partial charge >= 0.3 is 5.97 Å². The summed E-state index contributed by atoms with van der Waals surface area (Å²) in [5.74, 6) is -0.296. The molecule has 0 saturated heterocycles. The first-order valence-electron chi connectivity index (χ1n) is 8.52. The van der Waals surface area contributed by atoms with Crippen molar-refractivity contribution in [3.8, 4) is 0 Å². The van der Waals surface area contributed by atoms with Crippen LogP contribution in [-0.2, 0) is 9.53 Å². The Hall–Kier alpha value is -2.09. The van der Waals surface area contributed by atoms with Crippen LogP contribution in [0.1, 0.15) is 48.0 Å². The Kier molecular flexibility index (Phi) is 7.70. The molecule has 0 aliphatic heterocycles. The highest BCUT2D eigenvalue weighted by Crippen LogP contribution is 2.36. The van der Waals surface area contributed by atoms with Gasteiger partial charge in [0.05, 0.1) is 6.61 Å². The van der Waals surface area contributed by atoms with E-state index in [4.69, 9.17) is 4.74 Å². The van der Waals surface area contributed by atoms with Crippen LogP contribution >= 0.6 is 0 Å². The molecular formula is C22H30O2. The summed E-state index contributed by atoms with van der Waals surface area (Å²) in [6.45, 7) is 12.9. The second-order valence-electron chi connectivity index (χ2n) is 6.77. The molecule has 0 aromatic heterocycles. The lowest BCUT2D eigenvalue weighted by Crippen LogP contribution is -2.14. The molecule has 0 heterocycles. The molecule has 0 unspecified atom stereocenters. The molecule has 0 N–H and O–H groups in total. The summed E-state index contributed by atoms with van der Waals surface area (Å²) in [4.78, 5) is 11.4. The zero-order valence-electron chi connectivity index (χ0n) is 15.8. The molecule has 0 aromatic rings. The number of allylic oxidation sites excluding steroid dienone is 11. The standard InChI is InChI=1S/C22H30O2/c1-7-24-21(23)16-18(3)11-8-10-17(2)13-14-20-19(4)12-9-15-22(20,5)6/h8-11,13-16H,7,12H2,1-6H3. The molecule has 1 aliphatic rings. The molecule has 0 aromatic carbocycles. The smallest absolute Gasteiger partial charge is 0.330 e. The molecule has 2 heteroatoms. The third-order valence-electron chi connectivity index (χ3n) is 3.98. The Morgan fingerprint density at radius 3 is 2.58 bits per heavy atom. The second kappa shape index (κ2) is 9.27.